The van der Waals surface area contributed by atoms with Gasteiger partial charge in [-0.1, -0.05) is 58.5 Å². The van der Waals surface area contributed by atoms with E-state index >= 15 is 0 Å². The normalized spacial score (nSPS) is 10.6. The third-order valence-electron chi connectivity index (χ3n) is 4.07. The van der Waals surface area contributed by atoms with E-state index in [-0.39, 0.29) is 6.61 Å². The molecular weight excluding hydrogens is 440 g/mol. The number of hydrogen-bond donors (Lipinski definition) is 1. The molecule has 0 radical (unpaired) electrons. The van der Waals surface area contributed by atoms with Crippen LogP contribution in [0.1, 0.15) is 11.1 Å². The van der Waals surface area contributed by atoms with Crippen molar-refractivity contribution in [3.8, 4) is 11.5 Å². The highest BCUT2D eigenvalue weighted by molar-refractivity contribution is 6.36. The first-order chi connectivity index (χ1) is 13.5. The third kappa shape index (κ3) is 5.18. The number of benzene rings is 3. The minimum absolute atomic E-state index is 0.241. The van der Waals surface area contributed by atoms with Crippen molar-refractivity contribution >= 4 is 52.1 Å². The molecule has 0 aliphatic carbocycles. The molecule has 0 atom stereocenters. The van der Waals surface area contributed by atoms with Crippen LogP contribution in [0.2, 0.25) is 20.1 Å². The van der Waals surface area contributed by atoms with Crippen molar-refractivity contribution in [2.75, 3.05) is 12.4 Å². The quantitative estimate of drug-likeness (QED) is 0.399. The minimum atomic E-state index is 0.241. The molecule has 3 rings (SSSR count). The van der Waals surface area contributed by atoms with Gasteiger partial charge in [0.1, 0.15) is 6.61 Å². The molecule has 3 aromatic carbocycles. The number of methoxy groups -OCH3 is 1. The van der Waals surface area contributed by atoms with Gasteiger partial charge in [-0.25, -0.2) is 0 Å². The molecule has 3 nitrogen and oxygen atoms in total. The van der Waals surface area contributed by atoms with E-state index in [1.807, 2.05) is 18.2 Å². The average molecular weight is 457 g/mol. The van der Waals surface area contributed by atoms with Gasteiger partial charge in [-0.05, 0) is 48.0 Å². The predicted molar refractivity (Wildman–Crippen MR) is 118 cm³/mol. The highest BCUT2D eigenvalue weighted by atomic mass is 35.5. The number of rotatable bonds is 7. The summed E-state index contributed by atoms with van der Waals surface area (Å²) in [7, 11) is 1.59. The largest absolute Gasteiger partial charge is 0.493 e. The number of anilines is 1. The first-order valence-electron chi connectivity index (χ1n) is 8.39. The molecule has 0 saturated carbocycles. The molecule has 0 saturated heterocycles. The van der Waals surface area contributed by atoms with Crippen LogP contribution in [0, 0.1) is 0 Å². The van der Waals surface area contributed by atoms with E-state index in [0.717, 1.165) is 16.8 Å². The molecular formula is C21H17Cl4NO2. The second-order valence-electron chi connectivity index (χ2n) is 5.95. The van der Waals surface area contributed by atoms with Gasteiger partial charge in [0.05, 0.1) is 17.8 Å². The maximum absolute atomic E-state index is 6.19. The Kier molecular flexibility index (Phi) is 7.19. The van der Waals surface area contributed by atoms with Gasteiger partial charge in [0.2, 0.25) is 0 Å². The molecule has 0 unspecified atom stereocenters. The van der Waals surface area contributed by atoms with Gasteiger partial charge < -0.3 is 14.8 Å². The molecule has 7 heteroatoms. The lowest BCUT2D eigenvalue weighted by molar-refractivity contribution is 0.284. The summed E-state index contributed by atoms with van der Waals surface area (Å²) in [6.07, 6.45) is 0. The highest BCUT2D eigenvalue weighted by Gasteiger charge is 2.10. The van der Waals surface area contributed by atoms with E-state index in [9.17, 15) is 0 Å². The van der Waals surface area contributed by atoms with Crippen molar-refractivity contribution in [2.24, 2.45) is 0 Å². The molecule has 1 N–H and O–H groups in total. The van der Waals surface area contributed by atoms with E-state index in [4.69, 9.17) is 55.9 Å². The lowest BCUT2D eigenvalue weighted by Crippen LogP contribution is -2.02. The molecule has 0 amide bonds. The van der Waals surface area contributed by atoms with Gasteiger partial charge in [0.25, 0.3) is 0 Å². The summed E-state index contributed by atoms with van der Waals surface area (Å²) in [5, 5.41) is 5.61. The van der Waals surface area contributed by atoms with Crippen LogP contribution in [-0.4, -0.2) is 7.11 Å². The summed E-state index contributed by atoms with van der Waals surface area (Å²) < 4.78 is 11.3. The van der Waals surface area contributed by atoms with Crippen LogP contribution < -0.4 is 14.8 Å². The van der Waals surface area contributed by atoms with E-state index in [2.05, 4.69) is 5.32 Å². The molecule has 0 heterocycles. The Hall–Kier alpha value is -1.78. The summed E-state index contributed by atoms with van der Waals surface area (Å²) >= 11 is 24.6. The zero-order chi connectivity index (χ0) is 20.1. The standard InChI is InChI=1S/C21H17Cl4NO2/c1-27-21-9-13(11-26-19-10-14(22)6-7-18(19)25)5-8-20(21)28-12-15-16(23)3-2-4-17(15)24/h2-10,26H,11-12H2,1H3. The van der Waals surface area contributed by atoms with Crippen LogP contribution in [0.5, 0.6) is 11.5 Å². The molecule has 0 fully saturated rings. The maximum atomic E-state index is 6.19. The number of ether oxygens (including phenoxy) is 2. The molecule has 3 aromatic rings. The lowest BCUT2D eigenvalue weighted by Gasteiger charge is -2.14. The summed E-state index contributed by atoms with van der Waals surface area (Å²) in [5.41, 5.74) is 2.49. The first-order valence-corrected chi connectivity index (χ1v) is 9.90. The highest BCUT2D eigenvalue weighted by Crippen LogP contribution is 2.32. The monoisotopic (exact) mass is 455 g/mol. The fourth-order valence-corrected chi connectivity index (χ4v) is 3.45. The Morgan fingerprint density at radius 1 is 0.821 bits per heavy atom. The fourth-order valence-electron chi connectivity index (χ4n) is 2.59. The molecule has 0 aliphatic rings. The first kappa shape index (κ1) is 20.9. The van der Waals surface area contributed by atoms with E-state index in [0.29, 0.717) is 38.1 Å². The van der Waals surface area contributed by atoms with Gasteiger partial charge in [-0.2, -0.15) is 0 Å². The second-order valence-corrected chi connectivity index (χ2v) is 7.61. The summed E-state index contributed by atoms with van der Waals surface area (Å²) in [4.78, 5) is 0. The van der Waals surface area contributed by atoms with Crippen molar-refractivity contribution in [3.05, 3.63) is 85.8 Å². The Morgan fingerprint density at radius 3 is 2.29 bits per heavy atom. The number of hydrogen-bond acceptors (Lipinski definition) is 3. The van der Waals surface area contributed by atoms with Crippen molar-refractivity contribution in [2.45, 2.75) is 13.2 Å². The number of halogens is 4. The van der Waals surface area contributed by atoms with E-state index in [1.165, 1.54) is 0 Å². The van der Waals surface area contributed by atoms with Crippen LogP contribution in [-0.2, 0) is 13.2 Å². The maximum Gasteiger partial charge on any atom is 0.161 e. The smallest absolute Gasteiger partial charge is 0.161 e. The van der Waals surface area contributed by atoms with Crippen LogP contribution in [0.4, 0.5) is 5.69 Å². The van der Waals surface area contributed by atoms with Gasteiger partial charge in [0.15, 0.2) is 11.5 Å². The fraction of sp³-hybridized carbons (Fsp3) is 0.143. The Bertz CT molecular complexity index is 958. The van der Waals surface area contributed by atoms with Gasteiger partial charge in [0, 0.05) is 27.2 Å². The SMILES string of the molecule is COc1cc(CNc2cc(Cl)ccc2Cl)ccc1OCc1c(Cl)cccc1Cl. The van der Waals surface area contributed by atoms with Crippen LogP contribution >= 0.6 is 46.4 Å². The average Bonchev–Trinajstić information content (AvgIpc) is 2.68. The number of nitrogens with one attached hydrogen (secondary N) is 1. The van der Waals surface area contributed by atoms with Crippen LogP contribution in [0.3, 0.4) is 0 Å². The Labute approximate surface area is 184 Å². The predicted octanol–water partition coefficient (Wildman–Crippen LogP) is 7.50. The summed E-state index contributed by atoms with van der Waals surface area (Å²) in [6.45, 7) is 0.789. The van der Waals surface area contributed by atoms with Gasteiger partial charge in [-0.3, -0.25) is 0 Å². The Balaban J connectivity index is 1.70. The van der Waals surface area contributed by atoms with Crippen molar-refractivity contribution < 1.29 is 9.47 Å². The molecule has 0 bridgehead atoms. The van der Waals surface area contributed by atoms with Crippen molar-refractivity contribution in [1.82, 2.24) is 0 Å². The third-order valence-corrected chi connectivity index (χ3v) is 5.35. The topological polar surface area (TPSA) is 30.5 Å². The summed E-state index contributed by atoms with van der Waals surface area (Å²) in [6, 6.07) is 16.3. The van der Waals surface area contributed by atoms with Gasteiger partial charge in [-0.15, -0.1) is 0 Å². The van der Waals surface area contributed by atoms with Gasteiger partial charge >= 0.3 is 0 Å². The lowest BCUT2D eigenvalue weighted by atomic mass is 10.2. The molecule has 0 aromatic heterocycles. The second kappa shape index (κ2) is 9.62. The zero-order valence-corrected chi connectivity index (χ0v) is 18.0. The molecule has 28 heavy (non-hydrogen) atoms. The Morgan fingerprint density at radius 2 is 1.57 bits per heavy atom. The molecule has 0 aliphatic heterocycles. The minimum Gasteiger partial charge on any atom is -0.493 e. The van der Waals surface area contributed by atoms with Crippen molar-refractivity contribution in [1.29, 1.82) is 0 Å². The molecule has 0 spiro atoms. The van der Waals surface area contributed by atoms with Crippen LogP contribution in [0.25, 0.3) is 0 Å². The molecule has 146 valence electrons. The van der Waals surface area contributed by atoms with Crippen LogP contribution in [0.15, 0.2) is 54.6 Å². The zero-order valence-electron chi connectivity index (χ0n) is 14.9. The van der Waals surface area contributed by atoms with E-state index in [1.54, 1.807) is 43.5 Å². The summed E-state index contributed by atoms with van der Waals surface area (Å²) in [5.74, 6) is 1.21. The van der Waals surface area contributed by atoms with E-state index < -0.39 is 0 Å². The van der Waals surface area contributed by atoms with Crippen molar-refractivity contribution in [3.63, 3.8) is 0 Å².